The first kappa shape index (κ1) is 19.9. The summed E-state index contributed by atoms with van der Waals surface area (Å²) in [6.07, 6.45) is 0.475. The highest BCUT2D eigenvalue weighted by Gasteiger charge is 2.22. The molecule has 0 spiro atoms. The van der Waals surface area contributed by atoms with Crippen molar-refractivity contribution in [1.29, 1.82) is 0 Å². The molecule has 0 aromatic heterocycles. The molecule has 2 N–H and O–H groups in total. The SMILES string of the molecule is CC(C)CC(NC(=O)c1ccc(Cl)cc1)C(=O)NCc1ccccc1F. The third-order valence-corrected chi connectivity index (χ3v) is 4.10. The molecule has 0 radical (unpaired) electrons. The number of carbonyl (C=O) groups excluding carboxylic acids is 2. The van der Waals surface area contributed by atoms with Gasteiger partial charge in [0.25, 0.3) is 5.91 Å². The summed E-state index contributed by atoms with van der Waals surface area (Å²) in [5.41, 5.74) is 0.818. The highest BCUT2D eigenvalue weighted by molar-refractivity contribution is 6.30. The van der Waals surface area contributed by atoms with E-state index in [2.05, 4.69) is 10.6 Å². The molecular weight excluding hydrogens is 355 g/mol. The molecule has 2 rings (SSSR count). The quantitative estimate of drug-likeness (QED) is 0.769. The van der Waals surface area contributed by atoms with Crippen molar-refractivity contribution >= 4 is 23.4 Å². The van der Waals surface area contributed by atoms with E-state index in [1.807, 2.05) is 13.8 Å². The summed E-state index contributed by atoms with van der Waals surface area (Å²) >= 11 is 5.83. The Morgan fingerprint density at radius 3 is 2.35 bits per heavy atom. The lowest BCUT2D eigenvalue weighted by atomic mass is 10.0. The van der Waals surface area contributed by atoms with Crippen LogP contribution in [0.4, 0.5) is 4.39 Å². The van der Waals surface area contributed by atoms with Crippen molar-refractivity contribution in [1.82, 2.24) is 10.6 Å². The standard InChI is InChI=1S/C20H22ClFN2O2/c1-13(2)11-18(24-19(25)14-7-9-16(21)10-8-14)20(26)23-12-15-5-3-4-6-17(15)22/h3-10,13,18H,11-12H2,1-2H3,(H,23,26)(H,24,25). The first-order chi connectivity index (χ1) is 12.4. The summed E-state index contributed by atoms with van der Waals surface area (Å²) in [7, 11) is 0. The Kier molecular flexibility index (Phi) is 7.16. The molecule has 1 unspecified atom stereocenters. The van der Waals surface area contributed by atoms with Crippen LogP contribution in [0.2, 0.25) is 5.02 Å². The van der Waals surface area contributed by atoms with Gasteiger partial charge in [0.15, 0.2) is 0 Å². The zero-order valence-electron chi connectivity index (χ0n) is 14.8. The van der Waals surface area contributed by atoms with Gasteiger partial charge in [-0.3, -0.25) is 9.59 Å². The third kappa shape index (κ3) is 5.85. The number of nitrogens with one attached hydrogen (secondary N) is 2. The molecule has 0 bridgehead atoms. The van der Waals surface area contributed by atoms with Crippen LogP contribution in [0.25, 0.3) is 0 Å². The highest BCUT2D eigenvalue weighted by Crippen LogP contribution is 2.12. The van der Waals surface area contributed by atoms with Gasteiger partial charge in [-0.2, -0.15) is 0 Å². The largest absolute Gasteiger partial charge is 0.350 e. The molecular formula is C20H22ClFN2O2. The molecule has 0 aliphatic heterocycles. The van der Waals surface area contributed by atoms with Gasteiger partial charge in [-0.05, 0) is 42.7 Å². The number of carbonyl (C=O) groups is 2. The predicted octanol–water partition coefficient (Wildman–Crippen LogP) is 3.94. The van der Waals surface area contributed by atoms with E-state index in [0.717, 1.165) is 0 Å². The predicted molar refractivity (Wildman–Crippen MR) is 100 cm³/mol. The van der Waals surface area contributed by atoms with Crippen LogP contribution in [0.5, 0.6) is 0 Å². The van der Waals surface area contributed by atoms with Gasteiger partial charge in [-0.25, -0.2) is 4.39 Å². The Hall–Kier alpha value is -2.40. The average Bonchev–Trinajstić information content (AvgIpc) is 2.60. The molecule has 2 aromatic carbocycles. The second-order valence-corrected chi connectivity index (χ2v) is 6.91. The second-order valence-electron chi connectivity index (χ2n) is 6.47. The molecule has 0 fully saturated rings. The molecule has 138 valence electrons. The lowest BCUT2D eigenvalue weighted by Gasteiger charge is -2.20. The van der Waals surface area contributed by atoms with Crippen molar-refractivity contribution in [2.24, 2.45) is 5.92 Å². The smallest absolute Gasteiger partial charge is 0.251 e. The molecule has 26 heavy (non-hydrogen) atoms. The van der Waals surface area contributed by atoms with Crippen molar-refractivity contribution in [3.63, 3.8) is 0 Å². The maximum Gasteiger partial charge on any atom is 0.251 e. The third-order valence-electron chi connectivity index (χ3n) is 3.85. The highest BCUT2D eigenvalue weighted by atomic mass is 35.5. The van der Waals surface area contributed by atoms with Gasteiger partial charge in [-0.1, -0.05) is 43.6 Å². The summed E-state index contributed by atoms with van der Waals surface area (Å²) in [6.45, 7) is 3.99. The summed E-state index contributed by atoms with van der Waals surface area (Å²) < 4.78 is 13.7. The van der Waals surface area contributed by atoms with Crippen LogP contribution >= 0.6 is 11.6 Å². The van der Waals surface area contributed by atoms with E-state index in [1.165, 1.54) is 6.07 Å². The maximum atomic E-state index is 13.7. The summed E-state index contributed by atoms with van der Waals surface area (Å²) in [6, 6.07) is 12.0. The first-order valence-electron chi connectivity index (χ1n) is 8.44. The molecule has 2 amide bonds. The van der Waals surface area contributed by atoms with Gasteiger partial charge in [0.2, 0.25) is 5.91 Å². The minimum Gasteiger partial charge on any atom is -0.350 e. The monoisotopic (exact) mass is 376 g/mol. The van der Waals surface area contributed by atoms with Gasteiger partial charge in [0.1, 0.15) is 11.9 Å². The van der Waals surface area contributed by atoms with Crippen molar-refractivity contribution in [3.05, 3.63) is 70.5 Å². The topological polar surface area (TPSA) is 58.2 Å². The summed E-state index contributed by atoms with van der Waals surface area (Å²) in [5, 5.41) is 5.97. The van der Waals surface area contributed by atoms with Crippen molar-refractivity contribution < 1.29 is 14.0 Å². The molecule has 0 aliphatic rings. The molecule has 0 aliphatic carbocycles. The van der Waals surface area contributed by atoms with Crippen molar-refractivity contribution in [2.45, 2.75) is 32.9 Å². The molecule has 6 heteroatoms. The Labute approximate surface area is 157 Å². The molecule has 0 saturated heterocycles. The fraction of sp³-hybridized carbons (Fsp3) is 0.300. The Balaban J connectivity index is 2.03. The lowest BCUT2D eigenvalue weighted by molar-refractivity contribution is -0.123. The van der Waals surface area contributed by atoms with Crippen molar-refractivity contribution in [3.8, 4) is 0 Å². The molecule has 0 saturated carbocycles. The van der Waals surface area contributed by atoms with Crippen LogP contribution in [0, 0.1) is 11.7 Å². The Morgan fingerprint density at radius 1 is 1.08 bits per heavy atom. The minimum absolute atomic E-state index is 0.0664. The average molecular weight is 377 g/mol. The van der Waals surface area contributed by atoms with Gasteiger partial charge >= 0.3 is 0 Å². The zero-order chi connectivity index (χ0) is 19.1. The Morgan fingerprint density at radius 2 is 1.73 bits per heavy atom. The molecule has 2 aromatic rings. The van der Waals surface area contributed by atoms with Crippen LogP contribution in [0.15, 0.2) is 48.5 Å². The number of halogens is 2. The van der Waals surface area contributed by atoms with Gasteiger partial charge in [0.05, 0.1) is 0 Å². The summed E-state index contributed by atoms with van der Waals surface area (Å²) in [4.78, 5) is 24.9. The van der Waals surface area contributed by atoms with Crippen LogP contribution in [0.3, 0.4) is 0 Å². The second kappa shape index (κ2) is 9.34. The zero-order valence-corrected chi connectivity index (χ0v) is 15.5. The summed E-state index contributed by atoms with van der Waals surface area (Å²) in [5.74, 6) is -0.874. The number of hydrogen-bond donors (Lipinski definition) is 2. The van der Waals surface area contributed by atoms with E-state index in [-0.39, 0.29) is 30.1 Å². The van der Waals surface area contributed by atoms with E-state index in [9.17, 15) is 14.0 Å². The normalized spacial score (nSPS) is 11.9. The van der Waals surface area contributed by atoms with E-state index in [0.29, 0.717) is 22.6 Å². The number of hydrogen-bond acceptors (Lipinski definition) is 2. The number of benzene rings is 2. The van der Waals surface area contributed by atoms with Crippen LogP contribution < -0.4 is 10.6 Å². The van der Waals surface area contributed by atoms with Crippen LogP contribution in [-0.2, 0) is 11.3 Å². The van der Waals surface area contributed by atoms with Gasteiger partial charge < -0.3 is 10.6 Å². The fourth-order valence-electron chi connectivity index (χ4n) is 2.49. The fourth-order valence-corrected chi connectivity index (χ4v) is 2.62. The van der Waals surface area contributed by atoms with E-state index < -0.39 is 6.04 Å². The van der Waals surface area contributed by atoms with Gasteiger partial charge in [0, 0.05) is 22.7 Å². The Bertz CT molecular complexity index is 763. The van der Waals surface area contributed by atoms with Crippen molar-refractivity contribution in [2.75, 3.05) is 0 Å². The number of amides is 2. The number of rotatable bonds is 7. The molecule has 0 heterocycles. The van der Waals surface area contributed by atoms with Crippen LogP contribution in [0.1, 0.15) is 36.2 Å². The van der Waals surface area contributed by atoms with Gasteiger partial charge in [-0.15, -0.1) is 0 Å². The molecule has 4 nitrogen and oxygen atoms in total. The lowest BCUT2D eigenvalue weighted by Crippen LogP contribution is -2.47. The van der Waals surface area contributed by atoms with E-state index in [1.54, 1.807) is 42.5 Å². The van der Waals surface area contributed by atoms with E-state index >= 15 is 0 Å². The maximum absolute atomic E-state index is 13.7. The van der Waals surface area contributed by atoms with E-state index in [4.69, 9.17) is 11.6 Å². The first-order valence-corrected chi connectivity index (χ1v) is 8.82. The minimum atomic E-state index is -0.704. The molecule has 1 atom stereocenters. The van der Waals surface area contributed by atoms with Crippen LogP contribution in [-0.4, -0.2) is 17.9 Å².